The maximum atomic E-state index is 6.12. The van der Waals surface area contributed by atoms with Crippen LogP contribution in [-0.2, 0) is 6.54 Å². The summed E-state index contributed by atoms with van der Waals surface area (Å²) < 4.78 is 11.0. The van der Waals surface area contributed by atoms with Gasteiger partial charge in [0.2, 0.25) is 0 Å². The normalized spacial score (nSPS) is 14.8. The van der Waals surface area contributed by atoms with E-state index in [1.165, 1.54) is 18.4 Å². The summed E-state index contributed by atoms with van der Waals surface area (Å²) in [6, 6.07) is 5.57. The van der Waals surface area contributed by atoms with E-state index in [1.807, 2.05) is 18.4 Å². The number of furan rings is 2. The van der Waals surface area contributed by atoms with Crippen molar-refractivity contribution in [3.63, 3.8) is 0 Å². The van der Waals surface area contributed by atoms with Crippen molar-refractivity contribution in [1.82, 2.24) is 4.98 Å². The largest absolute Gasteiger partial charge is 0.467 e. The maximum absolute atomic E-state index is 6.12. The second-order valence-corrected chi connectivity index (χ2v) is 5.46. The molecule has 4 nitrogen and oxygen atoms in total. The molecule has 0 amide bonds. The number of rotatable bonds is 4. The number of anilines is 1. The van der Waals surface area contributed by atoms with Crippen LogP contribution < -0.4 is 5.32 Å². The molecule has 3 aromatic heterocycles. The molecule has 1 aliphatic carbocycles. The number of fused-ring (bicyclic) bond motifs is 1. The van der Waals surface area contributed by atoms with E-state index in [0.717, 1.165) is 22.5 Å². The van der Waals surface area contributed by atoms with E-state index < -0.39 is 0 Å². The third kappa shape index (κ3) is 2.06. The molecule has 0 bridgehead atoms. The molecule has 0 atom stereocenters. The van der Waals surface area contributed by atoms with Crippen LogP contribution in [-0.4, -0.2) is 4.98 Å². The van der Waals surface area contributed by atoms with Gasteiger partial charge in [0.25, 0.3) is 0 Å². The van der Waals surface area contributed by atoms with Crippen LogP contribution in [0.5, 0.6) is 0 Å². The number of pyridine rings is 1. The molecule has 0 aromatic carbocycles. The molecular weight excluding hydrogens is 276 g/mol. The minimum Gasteiger partial charge on any atom is -0.467 e. The third-order valence-corrected chi connectivity index (χ3v) is 3.76. The Hall–Kier alpha value is -1.94. The predicted molar refractivity (Wildman–Crippen MR) is 77.0 cm³/mol. The quantitative estimate of drug-likeness (QED) is 0.715. The lowest BCUT2D eigenvalue weighted by Gasteiger charge is -2.05. The van der Waals surface area contributed by atoms with Gasteiger partial charge in [0, 0.05) is 11.6 Å². The van der Waals surface area contributed by atoms with E-state index in [-0.39, 0.29) is 0 Å². The summed E-state index contributed by atoms with van der Waals surface area (Å²) in [4.78, 5) is 4.41. The third-order valence-electron chi connectivity index (χ3n) is 3.57. The molecule has 0 spiro atoms. The molecule has 0 radical (unpaired) electrons. The summed E-state index contributed by atoms with van der Waals surface area (Å²) in [7, 11) is 0. The highest BCUT2D eigenvalue weighted by atomic mass is 35.5. The minimum absolute atomic E-state index is 0.475. The average molecular weight is 289 g/mol. The number of hydrogen-bond donors (Lipinski definition) is 1. The molecule has 1 saturated carbocycles. The standard InChI is InChI=1S/C15H13ClN2O2/c16-13-6-12(17-7-10-2-1-5-19-10)15-14(18-13)11(8-20-15)9-3-4-9/h1-2,5-6,8-9H,3-4,7H2,(H,17,18). The zero-order valence-corrected chi connectivity index (χ0v) is 11.5. The van der Waals surface area contributed by atoms with Crippen LogP contribution >= 0.6 is 11.6 Å². The van der Waals surface area contributed by atoms with Crippen LogP contribution in [0.15, 0.2) is 39.6 Å². The van der Waals surface area contributed by atoms with E-state index in [1.54, 1.807) is 12.3 Å². The van der Waals surface area contributed by atoms with Gasteiger partial charge in [-0.3, -0.25) is 0 Å². The Morgan fingerprint density at radius 1 is 1.35 bits per heavy atom. The fraction of sp³-hybridized carbons (Fsp3) is 0.267. The number of nitrogens with zero attached hydrogens (tertiary/aromatic N) is 1. The average Bonchev–Trinajstić information content (AvgIpc) is 2.99. The number of hydrogen-bond acceptors (Lipinski definition) is 4. The molecule has 1 fully saturated rings. The topological polar surface area (TPSA) is 51.2 Å². The summed E-state index contributed by atoms with van der Waals surface area (Å²) in [6.07, 6.45) is 5.88. The fourth-order valence-corrected chi connectivity index (χ4v) is 2.60. The van der Waals surface area contributed by atoms with Gasteiger partial charge in [0.05, 0.1) is 24.8 Å². The van der Waals surface area contributed by atoms with Gasteiger partial charge in [0.1, 0.15) is 16.4 Å². The first-order valence-corrected chi connectivity index (χ1v) is 7.03. The van der Waals surface area contributed by atoms with Crippen LogP contribution in [0.4, 0.5) is 5.69 Å². The molecule has 3 heterocycles. The Labute approximate surface area is 120 Å². The van der Waals surface area contributed by atoms with Crippen molar-refractivity contribution in [2.45, 2.75) is 25.3 Å². The Bertz CT molecular complexity index is 745. The van der Waals surface area contributed by atoms with Gasteiger partial charge in [-0.05, 0) is 30.9 Å². The van der Waals surface area contributed by atoms with Crippen molar-refractivity contribution >= 4 is 28.4 Å². The van der Waals surface area contributed by atoms with Crippen molar-refractivity contribution in [3.05, 3.63) is 47.2 Å². The van der Waals surface area contributed by atoms with Gasteiger partial charge in [0.15, 0.2) is 5.58 Å². The van der Waals surface area contributed by atoms with Crippen molar-refractivity contribution in [2.75, 3.05) is 5.32 Å². The molecule has 5 heteroatoms. The molecule has 4 rings (SSSR count). The van der Waals surface area contributed by atoms with E-state index in [0.29, 0.717) is 17.6 Å². The molecule has 102 valence electrons. The number of aromatic nitrogens is 1. The fourth-order valence-electron chi connectivity index (χ4n) is 2.41. The van der Waals surface area contributed by atoms with Gasteiger partial charge < -0.3 is 14.2 Å². The summed E-state index contributed by atoms with van der Waals surface area (Å²) in [6.45, 7) is 0.585. The lowest BCUT2D eigenvalue weighted by Crippen LogP contribution is -1.99. The van der Waals surface area contributed by atoms with Gasteiger partial charge in [-0.25, -0.2) is 4.98 Å². The van der Waals surface area contributed by atoms with Crippen LogP contribution in [0.3, 0.4) is 0 Å². The Morgan fingerprint density at radius 3 is 3.00 bits per heavy atom. The van der Waals surface area contributed by atoms with Gasteiger partial charge in [-0.15, -0.1) is 0 Å². The van der Waals surface area contributed by atoms with E-state index in [9.17, 15) is 0 Å². The number of nitrogens with one attached hydrogen (secondary N) is 1. The first-order chi connectivity index (χ1) is 9.81. The molecule has 1 aliphatic rings. The molecular formula is C15H13ClN2O2. The minimum atomic E-state index is 0.475. The summed E-state index contributed by atoms with van der Waals surface area (Å²) >= 11 is 6.12. The molecule has 3 aromatic rings. The van der Waals surface area contributed by atoms with Crippen molar-refractivity contribution in [1.29, 1.82) is 0 Å². The summed E-state index contributed by atoms with van der Waals surface area (Å²) in [5.74, 6) is 1.44. The smallest absolute Gasteiger partial charge is 0.175 e. The molecule has 1 N–H and O–H groups in total. The van der Waals surface area contributed by atoms with Gasteiger partial charge in [-0.2, -0.15) is 0 Å². The Kier molecular flexibility index (Phi) is 2.70. The molecule has 20 heavy (non-hydrogen) atoms. The Morgan fingerprint density at radius 2 is 2.25 bits per heavy atom. The second-order valence-electron chi connectivity index (χ2n) is 5.07. The monoisotopic (exact) mass is 288 g/mol. The van der Waals surface area contributed by atoms with Crippen molar-refractivity contribution in [2.24, 2.45) is 0 Å². The van der Waals surface area contributed by atoms with Crippen LogP contribution in [0.25, 0.3) is 11.1 Å². The van der Waals surface area contributed by atoms with Gasteiger partial charge >= 0.3 is 0 Å². The van der Waals surface area contributed by atoms with Gasteiger partial charge in [-0.1, -0.05) is 11.6 Å². The van der Waals surface area contributed by atoms with E-state index in [4.69, 9.17) is 20.4 Å². The zero-order valence-electron chi connectivity index (χ0n) is 10.7. The molecule has 0 aliphatic heterocycles. The van der Waals surface area contributed by atoms with Crippen molar-refractivity contribution in [3.8, 4) is 0 Å². The first kappa shape index (κ1) is 11.9. The SMILES string of the molecule is Clc1cc(NCc2ccco2)c2occ(C3CC3)c2n1. The van der Waals surface area contributed by atoms with Crippen LogP contribution in [0, 0.1) is 0 Å². The lowest BCUT2D eigenvalue weighted by atomic mass is 10.2. The molecule has 0 unspecified atom stereocenters. The van der Waals surface area contributed by atoms with Crippen molar-refractivity contribution < 1.29 is 8.83 Å². The second kappa shape index (κ2) is 4.56. The zero-order chi connectivity index (χ0) is 13.5. The maximum Gasteiger partial charge on any atom is 0.175 e. The first-order valence-electron chi connectivity index (χ1n) is 6.65. The summed E-state index contributed by atoms with van der Waals surface area (Å²) in [5, 5.41) is 3.77. The van der Waals surface area contributed by atoms with E-state index in [2.05, 4.69) is 10.3 Å². The predicted octanol–water partition coefficient (Wildman–Crippen LogP) is 4.56. The highest BCUT2D eigenvalue weighted by Crippen LogP contribution is 2.44. The van der Waals surface area contributed by atoms with Crippen LogP contribution in [0.1, 0.15) is 30.1 Å². The Balaban J connectivity index is 1.70. The summed E-state index contributed by atoms with van der Waals surface area (Å²) in [5.41, 5.74) is 3.66. The van der Waals surface area contributed by atoms with Crippen LogP contribution in [0.2, 0.25) is 5.15 Å². The highest BCUT2D eigenvalue weighted by Gasteiger charge is 2.28. The molecule has 0 saturated heterocycles. The highest BCUT2D eigenvalue weighted by molar-refractivity contribution is 6.30. The van der Waals surface area contributed by atoms with E-state index >= 15 is 0 Å². The lowest BCUT2D eigenvalue weighted by molar-refractivity contribution is 0.518. The number of halogens is 1.